The number of thiophene rings is 1. The van der Waals surface area contributed by atoms with Crippen molar-refractivity contribution in [1.82, 2.24) is 20.2 Å². The van der Waals surface area contributed by atoms with Gasteiger partial charge in [-0.1, -0.05) is 12.8 Å². The summed E-state index contributed by atoms with van der Waals surface area (Å²) in [6.07, 6.45) is 5.77. The third-order valence-corrected chi connectivity index (χ3v) is 5.71. The summed E-state index contributed by atoms with van der Waals surface area (Å²) >= 11 is 1.59. The Bertz CT molecular complexity index is 784. The normalized spacial score (nSPS) is 19.4. The van der Waals surface area contributed by atoms with Gasteiger partial charge in [-0.05, 0) is 30.7 Å². The van der Waals surface area contributed by atoms with Gasteiger partial charge >= 0.3 is 6.03 Å². The van der Waals surface area contributed by atoms with Crippen molar-refractivity contribution in [2.45, 2.75) is 37.6 Å². The summed E-state index contributed by atoms with van der Waals surface area (Å²) in [5, 5.41) is 8.17. The number of anilines is 1. The lowest BCUT2D eigenvalue weighted by Crippen LogP contribution is -2.44. The zero-order chi connectivity index (χ0) is 16.6. The fraction of sp³-hybridized carbons (Fsp3) is 0.500. The number of aromatic nitrogens is 2. The summed E-state index contributed by atoms with van der Waals surface area (Å²) < 4.78 is 1.03. The first kappa shape index (κ1) is 15.3. The van der Waals surface area contributed by atoms with E-state index in [1.165, 1.54) is 4.90 Å². The average molecular weight is 345 g/mol. The fourth-order valence-corrected chi connectivity index (χ4v) is 4.37. The van der Waals surface area contributed by atoms with Gasteiger partial charge in [0.05, 0.1) is 10.2 Å². The first-order chi connectivity index (χ1) is 11.7. The maximum atomic E-state index is 12.5. The highest BCUT2D eigenvalue weighted by Crippen LogP contribution is 2.35. The molecule has 0 radical (unpaired) electrons. The number of amides is 3. The predicted octanol–water partition coefficient (Wildman–Crippen LogP) is 2.36. The van der Waals surface area contributed by atoms with Crippen molar-refractivity contribution in [3.63, 3.8) is 0 Å². The summed E-state index contributed by atoms with van der Waals surface area (Å²) in [5.41, 5.74) is 0.315. The Kier molecular flexibility index (Phi) is 3.84. The summed E-state index contributed by atoms with van der Waals surface area (Å²) in [6, 6.07) is 1.71. The van der Waals surface area contributed by atoms with Gasteiger partial charge in [-0.25, -0.2) is 14.8 Å². The Balaban J connectivity index is 1.34. The van der Waals surface area contributed by atoms with Crippen LogP contribution < -0.4 is 10.6 Å². The molecule has 0 bridgehead atoms. The van der Waals surface area contributed by atoms with Crippen LogP contribution in [-0.4, -0.2) is 45.4 Å². The molecule has 1 saturated heterocycles. The molecule has 0 atom stereocenters. The highest BCUT2D eigenvalue weighted by Gasteiger charge is 2.51. The molecule has 0 unspecified atom stereocenters. The van der Waals surface area contributed by atoms with E-state index < -0.39 is 5.54 Å². The Labute approximate surface area is 143 Å². The standard InChI is InChI=1S/C16H19N5O2S/c22-14-16(5-1-2-6-16)20-15(23)21(14)8-3-7-17-13-12-11(4-9-24-12)18-10-19-13/h4,9-10H,1-3,5-8H2,(H,20,23)(H,17,18,19). The quantitative estimate of drug-likeness (QED) is 0.642. The van der Waals surface area contributed by atoms with E-state index in [0.29, 0.717) is 19.5 Å². The minimum Gasteiger partial charge on any atom is -0.369 e. The molecule has 2 fully saturated rings. The second kappa shape index (κ2) is 6.01. The highest BCUT2D eigenvalue weighted by atomic mass is 32.1. The molecule has 2 aliphatic rings. The van der Waals surface area contributed by atoms with E-state index in [9.17, 15) is 9.59 Å². The van der Waals surface area contributed by atoms with Crippen molar-refractivity contribution in [3.05, 3.63) is 17.8 Å². The molecule has 0 aromatic carbocycles. The topological polar surface area (TPSA) is 87.2 Å². The van der Waals surface area contributed by atoms with Crippen molar-refractivity contribution in [2.75, 3.05) is 18.4 Å². The molecule has 4 rings (SSSR count). The number of urea groups is 1. The van der Waals surface area contributed by atoms with Gasteiger partial charge in [-0.2, -0.15) is 0 Å². The zero-order valence-corrected chi connectivity index (χ0v) is 14.1. The molecule has 3 amide bonds. The fourth-order valence-electron chi connectivity index (χ4n) is 3.56. The third-order valence-electron chi connectivity index (χ3n) is 4.80. The van der Waals surface area contributed by atoms with E-state index in [1.54, 1.807) is 17.7 Å². The number of hydrogen-bond donors (Lipinski definition) is 2. The van der Waals surface area contributed by atoms with Crippen LogP contribution in [0.4, 0.5) is 10.6 Å². The minimum absolute atomic E-state index is 0.0484. The van der Waals surface area contributed by atoms with Crippen molar-refractivity contribution in [1.29, 1.82) is 0 Å². The molecule has 2 N–H and O–H groups in total. The smallest absolute Gasteiger partial charge is 0.325 e. The van der Waals surface area contributed by atoms with E-state index >= 15 is 0 Å². The molecule has 3 heterocycles. The summed E-state index contributed by atoms with van der Waals surface area (Å²) in [5.74, 6) is 0.757. The maximum absolute atomic E-state index is 12.5. The second-order valence-electron chi connectivity index (χ2n) is 6.31. The van der Waals surface area contributed by atoms with E-state index in [0.717, 1.165) is 41.7 Å². The lowest BCUT2D eigenvalue weighted by atomic mass is 9.98. The van der Waals surface area contributed by atoms with Crippen LogP contribution in [0, 0.1) is 0 Å². The van der Waals surface area contributed by atoms with Gasteiger partial charge < -0.3 is 10.6 Å². The molecule has 1 aliphatic carbocycles. The summed E-state index contributed by atoms with van der Waals surface area (Å²) in [6.45, 7) is 1.08. The number of fused-ring (bicyclic) bond motifs is 1. The van der Waals surface area contributed by atoms with Gasteiger partial charge in [-0.3, -0.25) is 9.69 Å². The first-order valence-electron chi connectivity index (χ1n) is 8.26. The molecule has 2 aromatic rings. The molecule has 24 heavy (non-hydrogen) atoms. The largest absolute Gasteiger partial charge is 0.369 e. The molecule has 1 spiro atoms. The monoisotopic (exact) mass is 345 g/mol. The second-order valence-corrected chi connectivity index (χ2v) is 7.23. The third kappa shape index (κ3) is 2.50. The average Bonchev–Trinajstić information content (AvgIpc) is 3.28. The van der Waals surface area contributed by atoms with Gasteiger partial charge in [0.15, 0.2) is 0 Å². The molecular weight excluding hydrogens is 326 g/mol. The molecule has 126 valence electrons. The maximum Gasteiger partial charge on any atom is 0.325 e. The van der Waals surface area contributed by atoms with Crippen molar-refractivity contribution >= 4 is 39.3 Å². The number of imide groups is 1. The van der Waals surface area contributed by atoms with E-state index in [2.05, 4.69) is 20.6 Å². The summed E-state index contributed by atoms with van der Waals surface area (Å²) in [7, 11) is 0. The molecular formula is C16H19N5O2S. The molecule has 8 heteroatoms. The number of nitrogens with zero attached hydrogens (tertiary/aromatic N) is 3. The number of nitrogens with one attached hydrogen (secondary N) is 2. The SMILES string of the molecule is O=C1NC2(CCCC2)C(=O)N1CCCNc1ncnc2ccsc12. The Morgan fingerprint density at radius 2 is 2.12 bits per heavy atom. The highest BCUT2D eigenvalue weighted by molar-refractivity contribution is 7.17. The van der Waals surface area contributed by atoms with Gasteiger partial charge in [-0.15, -0.1) is 11.3 Å². The van der Waals surface area contributed by atoms with Crippen LogP contribution in [0.2, 0.25) is 0 Å². The van der Waals surface area contributed by atoms with Crippen LogP contribution in [-0.2, 0) is 4.79 Å². The van der Waals surface area contributed by atoms with Crippen LogP contribution >= 0.6 is 11.3 Å². The van der Waals surface area contributed by atoms with Crippen LogP contribution in [0.1, 0.15) is 32.1 Å². The van der Waals surface area contributed by atoms with Gasteiger partial charge in [0, 0.05) is 13.1 Å². The Morgan fingerprint density at radius 1 is 1.29 bits per heavy atom. The van der Waals surface area contributed by atoms with Crippen LogP contribution in [0.25, 0.3) is 10.2 Å². The number of hydrogen-bond acceptors (Lipinski definition) is 6. The minimum atomic E-state index is -0.611. The van der Waals surface area contributed by atoms with Crippen molar-refractivity contribution in [3.8, 4) is 0 Å². The van der Waals surface area contributed by atoms with E-state index in [4.69, 9.17) is 0 Å². The Morgan fingerprint density at radius 3 is 2.96 bits per heavy atom. The molecule has 1 saturated carbocycles. The zero-order valence-electron chi connectivity index (χ0n) is 13.2. The van der Waals surface area contributed by atoms with Crippen LogP contribution in [0.3, 0.4) is 0 Å². The number of rotatable bonds is 5. The van der Waals surface area contributed by atoms with Crippen LogP contribution in [0.5, 0.6) is 0 Å². The molecule has 1 aliphatic heterocycles. The van der Waals surface area contributed by atoms with Gasteiger partial charge in [0.1, 0.15) is 17.7 Å². The Hall–Kier alpha value is -2.22. The predicted molar refractivity (Wildman–Crippen MR) is 92.0 cm³/mol. The van der Waals surface area contributed by atoms with Gasteiger partial charge in [0.25, 0.3) is 5.91 Å². The van der Waals surface area contributed by atoms with Crippen molar-refractivity contribution < 1.29 is 9.59 Å². The first-order valence-corrected chi connectivity index (χ1v) is 9.14. The van der Waals surface area contributed by atoms with Crippen LogP contribution in [0.15, 0.2) is 17.8 Å². The molecule has 2 aromatic heterocycles. The lowest BCUT2D eigenvalue weighted by Gasteiger charge is -2.20. The van der Waals surface area contributed by atoms with Crippen molar-refractivity contribution in [2.24, 2.45) is 0 Å². The van der Waals surface area contributed by atoms with Gasteiger partial charge in [0.2, 0.25) is 0 Å². The lowest BCUT2D eigenvalue weighted by molar-refractivity contribution is -0.131. The van der Waals surface area contributed by atoms with E-state index in [-0.39, 0.29) is 11.9 Å². The molecule has 7 nitrogen and oxygen atoms in total. The number of carbonyl (C=O) groups excluding carboxylic acids is 2. The number of carbonyl (C=O) groups is 2. The van der Waals surface area contributed by atoms with E-state index in [1.807, 2.05) is 11.4 Å². The summed E-state index contributed by atoms with van der Waals surface area (Å²) in [4.78, 5) is 34.5.